The van der Waals surface area contributed by atoms with E-state index >= 15 is 0 Å². The summed E-state index contributed by atoms with van der Waals surface area (Å²) in [7, 11) is 0. The number of nitrogens with zero attached hydrogens (tertiary/aromatic N) is 1. The van der Waals surface area contributed by atoms with Crippen molar-refractivity contribution < 1.29 is 4.39 Å². The monoisotopic (exact) mass is 302 g/mol. The number of anilines is 1. The topological polar surface area (TPSA) is 24.4 Å². The number of fused-ring (bicyclic) bond motifs is 1. The molecule has 0 saturated carbocycles. The Kier molecular flexibility index (Phi) is 3.39. The average molecular weight is 302 g/mol. The molecule has 1 unspecified atom stereocenters. The number of hydrogen-bond donors (Lipinski definition) is 1. The lowest BCUT2D eigenvalue weighted by Crippen LogP contribution is -2.20. The lowest BCUT2D eigenvalue weighted by atomic mass is 9.97. The van der Waals surface area contributed by atoms with Crippen molar-refractivity contribution >= 4 is 11.4 Å². The van der Waals surface area contributed by atoms with Gasteiger partial charge in [-0.15, -0.1) is 0 Å². The average Bonchev–Trinajstić information content (AvgIpc) is 2.62. The minimum Gasteiger partial charge on any atom is -0.360 e. The Hall–Kier alpha value is -2.94. The zero-order valence-corrected chi connectivity index (χ0v) is 12.4. The number of para-hydroxylation sites is 1. The van der Waals surface area contributed by atoms with Crippen molar-refractivity contribution in [2.75, 3.05) is 5.32 Å². The third-order valence-electron chi connectivity index (χ3n) is 3.97. The summed E-state index contributed by atoms with van der Waals surface area (Å²) in [6.07, 6.45) is -0.222. The largest absolute Gasteiger partial charge is 0.360 e. The maximum absolute atomic E-state index is 13.2. The maximum Gasteiger partial charge on any atom is 0.145 e. The Bertz CT molecular complexity index is 854. The van der Waals surface area contributed by atoms with E-state index in [4.69, 9.17) is 4.99 Å². The standard InChI is InChI=1S/C20H15FN2/c21-16-12-10-15(11-13-16)20-22-18-9-5-4-8-17(18)19(23-20)14-6-2-1-3-7-14/h1-13,20,22H. The van der Waals surface area contributed by atoms with Gasteiger partial charge in [0.2, 0.25) is 0 Å². The summed E-state index contributed by atoms with van der Waals surface area (Å²) in [5.41, 5.74) is 5.09. The molecular formula is C20H15FN2. The van der Waals surface area contributed by atoms with Crippen LogP contribution in [0.1, 0.15) is 22.9 Å². The van der Waals surface area contributed by atoms with Crippen LogP contribution in [0.4, 0.5) is 10.1 Å². The van der Waals surface area contributed by atoms with Crippen molar-refractivity contribution in [1.82, 2.24) is 0 Å². The van der Waals surface area contributed by atoms with Gasteiger partial charge in [0.05, 0.1) is 5.71 Å². The van der Waals surface area contributed by atoms with Gasteiger partial charge < -0.3 is 5.32 Å². The lowest BCUT2D eigenvalue weighted by molar-refractivity contribution is 0.626. The predicted molar refractivity (Wildman–Crippen MR) is 91.3 cm³/mol. The number of aliphatic imine (C=N–C) groups is 1. The fourth-order valence-corrected chi connectivity index (χ4v) is 2.82. The van der Waals surface area contributed by atoms with Crippen LogP contribution in [-0.4, -0.2) is 5.71 Å². The van der Waals surface area contributed by atoms with Crippen LogP contribution in [0.2, 0.25) is 0 Å². The summed E-state index contributed by atoms with van der Waals surface area (Å²) < 4.78 is 13.2. The Morgan fingerprint density at radius 2 is 1.48 bits per heavy atom. The van der Waals surface area contributed by atoms with E-state index in [1.165, 1.54) is 12.1 Å². The van der Waals surface area contributed by atoms with Gasteiger partial charge in [0.25, 0.3) is 0 Å². The zero-order chi connectivity index (χ0) is 15.6. The fraction of sp³-hybridized carbons (Fsp3) is 0.0500. The highest BCUT2D eigenvalue weighted by atomic mass is 19.1. The first kappa shape index (κ1) is 13.7. The summed E-state index contributed by atoms with van der Waals surface area (Å²) in [4.78, 5) is 4.88. The van der Waals surface area contributed by atoms with Gasteiger partial charge in [-0.05, 0) is 23.8 Å². The summed E-state index contributed by atoms with van der Waals surface area (Å²) in [6.45, 7) is 0. The van der Waals surface area contributed by atoms with E-state index in [9.17, 15) is 4.39 Å². The summed E-state index contributed by atoms with van der Waals surface area (Å²) in [5, 5.41) is 3.42. The molecule has 0 aliphatic carbocycles. The van der Waals surface area contributed by atoms with Crippen LogP contribution < -0.4 is 5.32 Å². The van der Waals surface area contributed by atoms with Gasteiger partial charge in [-0.1, -0.05) is 60.7 Å². The van der Waals surface area contributed by atoms with Crippen molar-refractivity contribution in [2.24, 2.45) is 4.99 Å². The van der Waals surface area contributed by atoms with E-state index in [2.05, 4.69) is 23.5 Å². The quantitative estimate of drug-likeness (QED) is 0.723. The molecule has 0 aromatic heterocycles. The number of hydrogen-bond acceptors (Lipinski definition) is 2. The normalized spacial score (nSPS) is 16.2. The first-order chi connectivity index (χ1) is 11.3. The van der Waals surface area contributed by atoms with E-state index in [0.29, 0.717) is 0 Å². The number of rotatable bonds is 2. The Morgan fingerprint density at radius 3 is 2.26 bits per heavy atom. The van der Waals surface area contributed by atoms with Crippen molar-refractivity contribution in [3.63, 3.8) is 0 Å². The summed E-state index contributed by atoms with van der Waals surface area (Å²) in [6, 6.07) is 24.7. The van der Waals surface area contributed by atoms with Crippen LogP contribution >= 0.6 is 0 Å². The highest BCUT2D eigenvalue weighted by molar-refractivity contribution is 6.16. The molecule has 0 fully saturated rings. The molecular weight excluding hydrogens is 287 g/mol. The van der Waals surface area contributed by atoms with Crippen molar-refractivity contribution in [1.29, 1.82) is 0 Å². The molecule has 1 aliphatic heterocycles. The second kappa shape index (κ2) is 5.69. The van der Waals surface area contributed by atoms with Gasteiger partial charge in [-0.25, -0.2) is 4.39 Å². The van der Waals surface area contributed by atoms with Gasteiger partial charge in [-0.2, -0.15) is 0 Å². The van der Waals surface area contributed by atoms with E-state index in [0.717, 1.165) is 28.1 Å². The van der Waals surface area contributed by atoms with E-state index in [1.54, 1.807) is 12.1 Å². The van der Waals surface area contributed by atoms with Crippen molar-refractivity contribution in [3.05, 3.63) is 101 Å². The second-order valence-electron chi connectivity index (χ2n) is 5.49. The minimum atomic E-state index is -0.239. The maximum atomic E-state index is 13.2. The molecule has 0 bridgehead atoms. The third kappa shape index (κ3) is 2.61. The first-order valence-electron chi connectivity index (χ1n) is 7.56. The van der Waals surface area contributed by atoms with Gasteiger partial charge in [0.15, 0.2) is 0 Å². The third-order valence-corrected chi connectivity index (χ3v) is 3.97. The van der Waals surface area contributed by atoms with Crippen LogP contribution in [0.3, 0.4) is 0 Å². The zero-order valence-electron chi connectivity index (χ0n) is 12.4. The SMILES string of the molecule is Fc1ccc(C2N=C(c3ccccc3)c3ccccc3N2)cc1. The Labute approximate surface area is 134 Å². The molecule has 3 aromatic rings. The molecule has 4 rings (SSSR count). The number of halogens is 1. The first-order valence-corrected chi connectivity index (χ1v) is 7.56. The van der Waals surface area contributed by atoms with E-state index in [-0.39, 0.29) is 12.0 Å². The Balaban J connectivity index is 1.84. The molecule has 1 aliphatic rings. The van der Waals surface area contributed by atoms with Crippen molar-refractivity contribution in [2.45, 2.75) is 6.17 Å². The van der Waals surface area contributed by atoms with Crippen LogP contribution in [0.15, 0.2) is 83.9 Å². The second-order valence-corrected chi connectivity index (χ2v) is 5.49. The fourth-order valence-electron chi connectivity index (χ4n) is 2.82. The summed E-state index contributed by atoms with van der Waals surface area (Å²) >= 11 is 0. The van der Waals surface area contributed by atoms with Gasteiger partial charge in [0.1, 0.15) is 12.0 Å². The molecule has 1 heterocycles. The molecule has 3 aromatic carbocycles. The summed E-state index contributed by atoms with van der Waals surface area (Å²) in [5.74, 6) is -0.239. The van der Waals surface area contributed by atoms with Gasteiger partial charge in [0, 0.05) is 16.8 Å². The molecule has 2 nitrogen and oxygen atoms in total. The minimum absolute atomic E-state index is 0.222. The van der Waals surface area contributed by atoms with E-state index in [1.807, 2.05) is 36.4 Å². The molecule has 3 heteroatoms. The predicted octanol–water partition coefficient (Wildman–Crippen LogP) is 4.79. The molecule has 0 radical (unpaired) electrons. The highest BCUT2D eigenvalue weighted by Gasteiger charge is 2.21. The molecule has 0 spiro atoms. The molecule has 23 heavy (non-hydrogen) atoms. The van der Waals surface area contributed by atoms with Gasteiger partial charge >= 0.3 is 0 Å². The molecule has 112 valence electrons. The van der Waals surface area contributed by atoms with Crippen molar-refractivity contribution in [3.8, 4) is 0 Å². The highest BCUT2D eigenvalue weighted by Crippen LogP contribution is 2.31. The van der Waals surface area contributed by atoms with Crippen LogP contribution in [0, 0.1) is 5.82 Å². The van der Waals surface area contributed by atoms with Crippen LogP contribution in [0.5, 0.6) is 0 Å². The van der Waals surface area contributed by atoms with Crippen LogP contribution in [0.25, 0.3) is 0 Å². The Morgan fingerprint density at radius 1 is 0.783 bits per heavy atom. The molecule has 0 saturated heterocycles. The number of benzene rings is 3. The molecule has 0 amide bonds. The lowest BCUT2D eigenvalue weighted by Gasteiger charge is -2.26. The van der Waals surface area contributed by atoms with Gasteiger partial charge in [-0.3, -0.25) is 4.99 Å². The molecule has 1 N–H and O–H groups in total. The van der Waals surface area contributed by atoms with E-state index < -0.39 is 0 Å². The smallest absolute Gasteiger partial charge is 0.145 e. The van der Waals surface area contributed by atoms with Crippen LogP contribution in [-0.2, 0) is 0 Å². The number of nitrogens with one attached hydrogen (secondary N) is 1. The molecule has 1 atom stereocenters.